The maximum atomic E-state index is 12.4. The van der Waals surface area contributed by atoms with Gasteiger partial charge in [0.25, 0.3) is 0 Å². The van der Waals surface area contributed by atoms with Crippen LogP contribution in [0, 0.1) is 12.8 Å². The lowest BCUT2D eigenvalue weighted by Crippen LogP contribution is -2.44. The Kier molecular flexibility index (Phi) is 5.55. The Hall–Kier alpha value is -3.95. The van der Waals surface area contributed by atoms with E-state index in [9.17, 15) is 4.79 Å². The molecule has 35 heavy (non-hydrogen) atoms. The zero-order valence-corrected chi connectivity index (χ0v) is 19.8. The van der Waals surface area contributed by atoms with Crippen LogP contribution in [0.5, 0.6) is 0 Å². The van der Waals surface area contributed by atoms with E-state index in [-0.39, 0.29) is 5.97 Å². The number of hydrogen-bond donors (Lipinski definition) is 2. The molecule has 0 saturated carbocycles. The molecule has 8 nitrogen and oxygen atoms in total. The fourth-order valence-electron chi connectivity index (χ4n) is 4.02. The largest absolute Gasteiger partial charge is 0.461 e. The Bertz CT molecular complexity index is 1540. The van der Waals surface area contributed by atoms with Gasteiger partial charge in [0.1, 0.15) is 5.01 Å². The van der Waals surface area contributed by atoms with Gasteiger partial charge < -0.3 is 15.0 Å². The van der Waals surface area contributed by atoms with Crippen molar-refractivity contribution in [3.05, 3.63) is 71.8 Å². The van der Waals surface area contributed by atoms with Crippen molar-refractivity contribution in [3.63, 3.8) is 0 Å². The number of aryl methyl sites for hydroxylation is 1. The molecule has 1 aliphatic rings. The number of ether oxygens (including phenoxy) is 1. The number of thiazole rings is 1. The summed E-state index contributed by atoms with van der Waals surface area (Å²) in [6.07, 6.45) is 3.47. The van der Waals surface area contributed by atoms with E-state index < -0.39 is 0 Å². The van der Waals surface area contributed by atoms with Crippen LogP contribution in [0.1, 0.15) is 16.2 Å². The van der Waals surface area contributed by atoms with Crippen LogP contribution in [0.2, 0.25) is 0 Å². The molecule has 4 aromatic heterocycles. The van der Waals surface area contributed by atoms with Crippen LogP contribution in [0.3, 0.4) is 0 Å². The second kappa shape index (κ2) is 9.01. The van der Waals surface area contributed by atoms with E-state index in [1.54, 1.807) is 17.9 Å². The van der Waals surface area contributed by atoms with Crippen molar-refractivity contribution in [1.82, 2.24) is 30.2 Å². The molecule has 0 aliphatic carbocycles. The van der Waals surface area contributed by atoms with Gasteiger partial charge in [0.05, 0.1) is 35.5 Å². The fraction of sp³-hybridized carbons (Fsp3) is 0.192. The van der Waals surface area contributed by atoms with Gasteiger partial charge in [-0.25, -0.2) is 14.8 Å². The van der Waals surface area contributed by atoms with Crippen molar-refractivity contribution in [1.29, 1.82) is 0 Å². The van der Waals surface area contributed by atoms with Gasteiger partial charge in [-0.3, -0.25) is 9.97 Å². The number of nitrogens with zero attached hydrogens (tertiary/aromatic N) is 4. The van der Waals surface area contributed by atoms with Crippen LogP contribution < -0.4 is 5.32 Å². The first kappa shape index (κ1) is 21.6. The first-order valence-corrected chi connectivity index (χ1v) is 12.2. The van der Waals surface area contributed by atoms with E-state index in [1.807, 2.05) is 43.3 Å². The minimum atomic E-state index is -0.383. The summed E-state index contributed by atoms with van der Waals surface area (Å²) >= 11 is 1.41. The lowest BCUT2D eigenvalue weighted by atomic mass is 10.0. The Morgan fingerprint density at radius 3 is 2.83 bits per heavy atom. The maximum absolute atomic E-state index is 12.4. The molecule has 0 amide bonds. The quantitative estimate of drug-likeness (QED) is 0.343. The summed E-state index contributed by atoms with van der Waals surface area (Å²) in [6, 6.07) is 14.0. The molecule has 1 aliphatic heterocycles. The van der Waals surface area contributed by atoms with E-state index in [2.05, 4.69) is 36.3 Å². The molecule has 1 fully saturated rings. The number of hydrogen-bond acceptors (Lipinski definition) is 8. The number of nitrogens with one attached hydrogen (secondary N) is 2. The molecular formula is C26H22N6O2S. The van der Waals surface area contributed by atoms with Crippen LogP contribution in [0.15, 0.2) is 60.4 Å². The van der Waals surface area contributed by atoms with Crippen molar-refractivity contribution in [2.75, 3.05) is 19.7 Å². The molecule has 0 spiro atoms. The number of aromatic amines is 1. The molecular weight excluding hydrogens is 460 g/mol. The molecule has 1 saturated heterocycles. The number of carbonyl (C=O) groups is 1. The van der Waals surface area contributed by atoms with Crippen molar-refractivity contribution < 1.29 is 9.53 Å². The molecule has 6 rings (SSSR count). The van der Waals surface area contributed by atoms with E-state index in [0.717, 1.165) is 62.9 Å². The van der Waals surface area contributed by atoms with Crippen LogP contribution >= 0.6 is 11.3 Å². The number of benzene rings is 1. The van der Waals surface area contributed by atoms with E-state index in [4.69, 9.17) is 4.74 Å². The van der Waals surface area contributed by atoms with Crippen molar-refractivity contribution in [2.45, 2.75) is 6.92 Å². The predicted molar refractivity (Wildman–Crippen MR) is 135 cm³/mol. The molecule has 2 N–H and O–H groups in total. The zero-order chi connectivity index (χ0) is 23.8. The van der Waals surface area contributed by atoms with Crippen LogP contribution in [-0.4, -0.2) is 50.6 Å². The van der Waals surface area contributed by atoms with Crippen LogP contribution in [0.4, 0.5) is 0 Å². The van der Waals surface area contributed by atoms with Gasteiger partial charge in [-0.05, 0) is 37.3 Å². The van der Waals surface area contributed by atoms with Crippen molar-refractivity contribution >= 4 is 28.2 Å². The Morgan fingerprint density at radius 1 is 1.11 bits per heavy atom. The summed E-state index contributed by atoms with van der Waals surface area (Å²) in [5, 5.41) is 6.60. The number of esters is 1. The minimum Gasteiger partial charge on any atom is -0.461 e. The first-order valence-electron chi connectivity index (χ1n) is 11.4. The summed E-state index contributed by atoms with van der Waals surface area (Å²) < 4.78 is 5.40. The topological polar surface area (TPSA) is 106 Å². The second-order valence-electron chi connectivity index (χ2n) is 8.58. The van der Waals surface area contributed by atoms with E-state index in [0.29, 0.717) is 18.2 Å². The minimum absolute atomic E-state index is 0.331. The summed E-state index contributed by atoms with van der Waals surface area (Å²) in [5.41, 5.74) is 6.51. The lowest BCUT2D eigenvalue weighted by Gasteiger charge is -2.26. The van der Waals surface area contributed by atoms with Gasteiger partial charge in [-0.15, -0.1) is 11.3 Å². The summed E-state index contributed by atoms with van der Waals surface area (Å²) in [7, 11) is 0. The zero-order valence-electron chi connectivity index (χ0n) is 19.0. The van der Waals surface area contributed by atoms with Gasteiger partial charge in [0, 0.05) is 52.8 Å². The van der Waals surface area contributed by atoms with Gasteiger partial charge >= 0.3 is 5.97 Å². The molecule has 0 unspecified atom stereocenters. The van der Waals surface area contributed by atoms with Crippen molar-refractivity contribution in [3.8, 4) is 33.2 Å². The molecule has 5 heterocycles. The summed E-state index contributed by atoms with van der Waals surface area (Å²) in [5.74, 6) is 0.0129. The summed E-state index contributed by atoms with van der Waals surface area (Å²) in [4.78, 5) is 33.9. The van der Waals surface area contributed by atoms with Crippen LogP contribution in [-0.2, 0) is 4.74 Å². The highest BCUT2D eigenvalue weighted by atomic mass is 32.1. The smallest absolute Gasteiger partial charge is 0.357 e. The van der Waals surface area contributed by atoms with E-state index in [1.165, 1.54) is 11.3 Å². The van der Waals surface area contributed by atoms with Crippen molar-refractivity contribution in [2.24, 2.45) is 5.92 Å². The third kappa shape index (κ3) is 4.31. The molecule has 9 heteroatoms. The number of carbonyl (C=O) groups excluding carboxylic acids is 1. The average Bonchev–Trinajstić information content (AvgIpc) is 3.53. The molecule has 0 radical (unpaired) electrons. The Labute approximate surface area is 205 Å². The highest BCUT2D eigenvalue weighted by molar-refractivity contribution is 7.13. The van der Waals surface area contributed by atoms with Crippen LogP contribution in [0.25, 0.3) is 44.1 Å². The Morgan fingerprint density at radius 2 is 2.00 bits per heavy atom. The molecule has 0 bridgehead atoms. The summed E-state index contributed by atoms with van der Waals surface area (Å²) in [6.45, 7) is 4.17. The van der Waals surface area contributed by atoms with Gasteiger partial charge in [0.15, 0.2) is 5.69 Å². The van der Waals surface area contributed by atoms with E-state index >= 15 is 0 Å². The average molecular weight is 483 g/mol. The molecule has 0 atom stereocenters. The fourth-order valence-corrected chi connectivity index (χ4v) is 4.79. The Balaban J connectivity index is 1.29. The standard InChI is InChI=1S/C26H22N6O2S/c1-15-3-2-4-21(31-15)24-23(29-14-30-24)17-5-6-20-18(7-17)8-19(11-28-20)25-32-22(13-35-25)26(33)34-12-16-9-27-10-16/h2-8,11,13-14,16,27H,9-10,12H2,1H3,(H,29,30). The van der Waals surface area contributed by atoms with Gasteiger partial charge in [0.2, 0.25) is 0 Å². The highest BCUT2D eigenvalue weighted by Crippen LogP contribution is 2.32. The number of aromatic nitrogens is 5. The first-order chi connectivity index (χ1) is 17.1. The normalized spacial score (nSPS) is 13.6. The second-order valence-corrected chi connectivity index (χ2v) is 9.44. The number of pyridine rings is 2. The number of rotatable bonds is 6. The molecule has 174 valence electrons. The highest BCUT2D eigenvalue weighted by Gasteiger charge is 2.21. The lowest BCUT2D eigenvalue weighted by molar-refractivity contribution is 0.0392. The number of H-pyrrole nitrogens is 1. The number of fused-ring (bicyclic) bond motifs is 1. The third-order valence-electron chi connectivity index (χ3n) is 6.01. The predicted octanol–water partition coefficient (Wildman–Crippen LogP) is 4.50. The number of imidazole rings is 1. The molecule has 1 aromatic carbocycles. The van der Waals surface area contributed by atoms with Gasteiger partial charge in [-0.1, -0.05) is 12.1 Å². The molecule has 5 aromatic rings. The van der Waals surface area contributed by atoms with Gasteiger partial charge in [-0.2, -0.15) is 0 Å². The SMILES string of the molecule is Cc1cccc(-c2[nH]cnc2-c2ccc3ncc(-c4nc(C(=O)OCC5CNC5)cs4)cc3c2)n1. The third-order valence-corrected chi connectivity index (χ3v) is 6.91. The monoisotopic (exact) mass is 482 g/mol. The maximum Gasteiger partial charge on any atom is 0.357 e.